The first-order valence-electron chi connectivity index (χ1n) is 10.6. The van der Waals surface area contributed by atoms with Crippen LogP contribution in [-0.4, -0.2) is 51.6 Å². The van der Waals surface area contributed by atoms with Gasteiger partial charge < -0.3 is 15.2 Å². The van der Waals surface area contributed by atoms with E-state index >= 15 is 0 Å². The lowest BCUT2D eigenvalue weighted by molar-refractivity contribution is 0.587. The van der Waals surface area contributed by atoms with Gasteiger partial charge in [0.05, 0.1) is 15.8 Å². The largest absolute Gasteiger partial charge is 0.324 e. The monoisotopic (exact) mass is 499 g/mol. The molecule has 4 rings (SSSR count). The van der Waals surface area contributed by atoms with E-state index in [1.54, 1.807) is 51.4 Å². The van der Waals surface area contributed by atoms with E-state index in [0.29, 0.717) is 5.69 Å². The number of nitrogens with one attached hydrogen (secondary N) is 2. The molecule has 2 aromatic heterocycles. The van der Waals surface area contributed by atoms with Gasteiger partial charge in [-0.3, -0.25) is 0 Å². The molecular weight excluding hydrogens is 473 g/mol. The summed E-state index contributed by atoms with van der Waals surface area (Å²) in [6.45, 7) is 8.64. The molecule has 0 spiro atoms. The van der Waals surface area contributed by atoms with Crippen molar-refractivity contribution in [2.45, 2.75) is 30.9 Å². The highest BCUT2D eigenvalue weighted by Crippen LogP contribution is 2.36. The molecule has 0 aliphatic carbocycles. The molecule has 2 N–H and O–H groups in total. The summed E-state index contributed by atoms with van der Waals surface area (Å²) in [4.78, 5) is 13.2. The Morgan fingerprint density at radius 3 is 2.41 bits per heavy atom. The number of anilines is 4. The summed E-state index contributed by atoms with van der Waals surface area (Å²) in [5.41, 5.74) is 2.00. The minimum absolute atomic E-state index is 0.168. The Morgan fingerprint density at radius 2 is 1.74 bits per heavy atom. The van der Waals surface area contributed by atoms with Crippen LogP contribution in [0.25, 0.3) is 5.78 Å². The third kappa shape index (κ3) is 4.67. The molecule has 12 heteroatoms. The molecule has 0 atom stereocenters. The zero-order chi connectivity index (χ0) is 24.7. The van der Waals surface area contributed by atoms with Crippen molar-refractivity contribution in [1.82, 2.24) is 24.6 Å². The maximum atomic E-state index is 12.9. The van der Waals surface area contributed by atoms with Gasteiger partial charge in [0.1, 0.15) is 13.5 Å². The van der Waals surface area contributed by atoms with E-state index in [0.717, 1.165) is 16.6 Å². The third-order valence-corrected chi connectivity index (χ3v) is 9.02. The fourth-order valence-electron chi connectivity index (χ4n) is 3.30. The van der Waals surface area contributed by atoms with Gasteiger partial charge in [0.15, 0.2) is 9.84 Å². The summed E-state index contributed by atoms with van der Waals surface area (Å²) in [6.07, 6.45) is 1.34. The molecule has 0 bridgehead atoms. The summed E-state index contributed by atoms with van der Waals surface area (Å²) in [5, 5.41) is 10.6. The Kier molecular flexibility index (Phi) is 6.18. The first-order chi connectivity index (χ1) is 16.0. The number of fused-ring (bicyclic) bond motifs is 1. The van der Waals surface area contributed by atoms with Gasteiger partial charge in [0, 0.05) is 11.0 Å². The lowest BCUT2D eigenvalue weighted by Gasteiger charge is -2.15. The quantitative estimate of drug-likeness (QED) is 0.365. The van der Waals surface area contributed by atoms with Crippen molar-refractivity contribution in [2.75, 3.05) is 24.0 Å². The third-order valence-electron chi connectivity index (χ3n) is 5.29. The smallest absolute Gasteiger partial charge is 0.258 e. The van der Waals surface area contributed by atoms with Crippen molar-refractivity contribution in [3.05, 3.63) is 54.4 Å². The Bertz CT molecular complexity index is 1530. The highest BCUT2D eigenvalue weighted by Gasteiger charge is 2.23. The molecule has 4 aromatic rings. The molecule has 34 heavy (non-hydrogen) atoms. The molecule has 0 unspecified atom stereocenters. The molecule has 0 fully saturated rings. The van der Waals surface area contributed by atoms with Crippen molar-refractivity contribution in [3.8, 4) is 0 Å². The average molecular weight is 500 g/mol. The number of aryl methyl sites for hydroxylation is 1. The van der Waals surface area contributed by atoms with Crippen LogP contribution < -0.4 is 15.9 Å². The second kappa shape index (κ2) is 8.81. The first-order valence-corrected chi connectivity index (χ1v) is 14.7. The maximum absolute atomic E-state index is 12.9. The van der Waals surface area contributed by atoms with Crippen LogP contribution in [0.2, 0.25) is 0 Å². The van der Waals surface area contributed by atoms with E-state index in [2.05, 4.69) is 30.7 Å². The van der Waals surface area contributed by atoms with Crippen molar-refractivity contribution in [1.29, 1.82) is 0 Å². The van der Waals surface area contributed by atoms with E-state index < -0.39 is 22.2 Å². The van der Waals surface area contributed by atoms with Gasteiger partial charge in [-0.05, 0) is 70.0 Å². The predicted octanol–water partition coefficient (Wildman–Crippen LogP) is 3.75. The SMILES string of the molecule is Cc1cc(P(C)(C)=O)ccc1Nc1nc(Nc2ccccc2S(=O)(=O)C(C)C)n2ncnc2n1. The van der Waals surface area contributed by atoms with Crippen molar-refractivity contribution in [2.24, 2.45) is 0 Å². The Morgan fingerprint density at radius 1 is 1.00 bits per heavy atom. The molecule has 0 radical (unpaired) electrons. The molecule has 0 aliphatic heterocycles. The van der Waals surface area contributed by atoms with Crippen LogP contribution >= 0.6 is 7.14 Å². The molecule has 0 amide bonds. The number of aromatic nitrogens is 5. The van der Waals surface area contributed by atoms with E-state index in [4.69, 9.17) is 0 Å². The normalized spacial score (nSPS) is 12.3. The van der Waals surface area contributed by atoms with Crippen LogP contribution in [0.3, 0.4) is 0 Å². The van der Waals surface area contributed by atoms with Crippen LogP contribution in [0.4, 0.5) is 23.3 Å². The number of para-hydroxylation sites is 1. The number of rotatable bonds is 7. The number of sulfone groups is 1. The van der Waals surface area contributed by atoms with Crippen LogP contribution in [0.1, 0.15) is 19.4 Å². The Labute approximate surface area is 198 Å². The van der Waals surface area contributed by atoms with Crippen molar-refractivity contribution in [3.63, 3.8) is 0 Å². The predicted molar refractivity (Wildman–Crippen MR) is 134 cm³/mol. The van der Waals surface area contributed by atoms with Gasteiger partial charge in [0.2, 0.25) is 11.9 Å². The fourth-order valence-corrected chi connectivity index (χ4v) is 5.44. The highest BCUT2D eigenvalue weighted by atomic mass is 32.2. The summed E-state index contributed by atoms with van der Waals surface area (Å²) < 4.78 is 39.5. The van der Waals surface area contributed by atoms with Crippen LogP contribution in [-0.2, 0) is 14.4 Å². The zero-order valence-electron chi connectivity index (χ0n) is 19.5. The molecular formula is C22H26N7O3PS. The van der Waals surface area contributed by atoms with Crippen LogP contribution in [0.15, 0.2) is 53.7 Å². The van der Waals surface area contributed by atoms with Gasteiger partial charge >= 0.3 is 0 Å². The zero-order valence-corrected chi connectivity index (χ0v) is 21.2. The standard InChI is InChI=1S/C22H26N7O3PS/c1-14(2)34(31,32)19-9-7-6-8-18(19)26-22-28-20(27-21-23-13-24-29(21)22)25-17-11-10-16(12-15(17)3)33(4,5)30/h6-14H,1-5H3,(H2,23,24,25,26,27,28). The van der Waals surface area contributed by atoms with E-state index in [1.165, 1.54) is 10.8 Å². The van der Waals surface area contributed by atoms with Gasteiger partial charge in [-0.15, -0.1) is 0 Å². The fraction of sp³-hybridized carbons (Fsp3) is 0.273. The molecule has 178 valence electrons. The van der Waals surface area contributed by atoms with Gasteiger partial charge in [0.25, 0.3) is 5.78 Å². The van der Waals surface area contributed by atoms with Crippen molar-refractivity contribution < 1.29 is 13.0 Å². The van der Waals surface area contributed by atoms with Crippen LogP contribution in [0, 0.1) is 6.92 Å². The minimum atomic E-state index is -3.54. The Balaban J connectivity index is 1.74. The number of benzene rings is 2. The van der Waals surface area contributed by atoms with Crippen LogP contribution in [0.5, 0.6) is 0 Å². The average Bonchev–Trinajstić information content (AvgIpc) is 3.23. The minimum Gasteiger partial charge on any atom is -0.324 e. The lowest BCUT2D eigenvalue weighted by atomic mass is 10.2. The summed E-state index contributed by atoms with van der Waals surface area (Å²) in [6, 6.07) is 12.2. The van der Waals surface area contributed by atoms with Crippen molar-refractivity contribution >= 4 is 51.3 Å². The molecule has 0 saturated heterocycles. The lowest BCUT2D eigenvalue weighted by Crippen LogP contribution is -2.16. The van der Waals surface area contributed by atoms with Gasteiger partial charge in [-0.2, -0.15) is 24.6 Å². The molecule has 0 aliphatic rings. The molecule has 10 nitrogen and oxygen atoms in total. The highest BCUT2D eigenvalue weighted by molar-refractivity contribution is 7.92. The molecule has 2 aromatic carbocycles. The summed E-state index contributed by atoms with van der Waals surface area (Å²) in [7, 11) is -5.92. The van der Waals surface area contributed by atoms with E-state index in [1.807, 2.05) is 25.1 Å². The second-order valence-corrected chi connectivity index (χ2v) is 14.2. The summed E-state index contributed by atoms with van der Waals surface area (Å²) >= 11 is 0. The first kappa shape index (κ1) is 23.8. The van der Waals surface area contributed by atoms with E-state index in [-0.39, 0.29) is 22.6 Å². The maximum Gasteiger partial charge on any atom is 0.258 e. The number of nitrogens with zero attached hydrogens (tertiary/aromatic N) is 5. The topological polar surface area (TPSA) is 131 Å². The van der Waals surface area contributed by atoms with E-state index in [9.17, 15) is 13.0 Å². The number of hydrogen-bond donors (Lipinski definition) is 2. The van der Waals surface area contributed by atoms with Gasteiger partial charge in [-0.25, -0.2) is 8.42 Å². The Hall–Kier alpha value is -3.30. The molecule has 0 saturated carbocycles. The second-order valence-electron chi connectivity index (χ2n) is 8.53. The molecule has 2 heterocycles. The summed E-state index contributed by atoms with van der Waals surface area (Å²) in [5.74, 6) is 0.779. The number of hydrogen-bond acceptors (Lipinski definition) is 9. The van der Waals surface area contributed by atoms with Gasteiger partial charge in [-0.1, -0.05) is 12.1 Å².